The van der Waals surface area contributed by atoms with Crippen LogP contribution >= 0.6 is 0 Å². The minimum Gasteiger partial charge on any atom is -0.497 e. The van der Waals surface area contributed by atoms with Crippen LogP contribution in [-0.4, -0.2) is 13.7 Å². The van der Waals surface area contributed by atoms with Crippen LogP contribution in [0.1, 0.15) is 36.1 Å². The second-order valence-electron chi connectivity index (χ2n) is 8.97. The molecule has 3 heteroatoms. The average Bonchev–Trinajstić information content (AvgIpc) is 3.05. The molecule has 6 rings (SSSR count). The maximum Gasteiger partial charge on any atom is 0.136 e. The highest BCUT2D eigenvalue weighted by molar-refractivity contribution is 6.09. The number of fused-ring (bicyclic) bond motifs is 8. The van der Waals surface area contributed by atoms with Gasteiger partial charge in [0, 0.05) is 16.4 Å². The molecule has 0 aromatic heterocycles. The molecule has 4 aromatic carbocycles. The lowest BCUT2D eigenvalue weighted by Gasteiger charge is -2.28. The lowest BCUT2D eigenvalue weighted by atomic mass is 9.78. The summed E-state index contributed by atoms with van der Waals surface area (Å²) in [5.74, 6) is 1.53. The van der Waals surface area contributed by atoms with Crippen molar-refractivity contribution in [3.63, 3.8) is 0 Å². The highest BCUT2D eigenvalue weighted by Gasteiger charge is 2.41. The Balaban J connectivity index is 1.74. The predicted molar refractivity (Wildman–Crippen MR) is 127 cm³/mol. The fourth-order valence-corrected chi connectivity index (χ4v) is 5.46. The Morgan fingerprint density at radius 2 is 1.66 bits per heavy atom. The van der Waals surface area contributed by atoms with Crippen molar-refractivity contribution >= 4 is 16.3 Å². The van der Waals surface area contributed by atoms with Crippen molar-refractivity contribution in [2.24, 2.45) is 0 Å². The van der Waals surface area contributed by atoms with Gasteiger partial charge in [-0.1, -0.05) is 56.3 Å². The van der Waals surface area contributed by atoms with E-state index in [2.05, 4.69) is 56.3 Å². The van der Waals surface area contributed by atoms with E-state index in [4.69, 9.17) is 9.47 Å². The summed E-state index contributed by atoms with van der Waals surface area (Å²) in [4.78, 5) is 0. The van der Waals surface area contributed by atoms with E-state index in [0.29, 0.717) is 6.61 Å². The Labute approximate surface area is 186 Å². The van der Waals surface area contributed by atoms with Crippen LogP contribution in [-0.2, 0) is 5.41 Å². The molecular weight excluding hydrogens is 399 g/mol. The van der Waals surface area contributed by atoms with Crippen molar-refractivity contribution in [1.82, 2.24) is 0 Å². The normalized spacial score (nSPS) is 15.4. The monoisotopic (exact) mass is 422 g/mol. The standard InChI is InChI=1S/C29H23FO2/c1-29(2)24-16-18(30)10-13-23(24)25-26-20(17-8-11-19(31-3)12-9-17)14-15-32-28(26)22-7-5-4-6-21(22)27(25)29/h4-14,16H,15H2,1-3H3. The van der Waals surface area contributed by atoms with Gasteiger partial charge in [-0.15, -0.1) is 0 Å². The van der Waals surface area contributed by atoms with Crippen molar-refractivity contribution in [1.29, 1.82) is 0 Å². The van der Waals surface area contributed by atoms with Crippen LogP contribution in [0.2, 0.25) is 0 Å². The minimum atomic E-state index is -0.329. The Kier molecular flexibility index (Phi) is 4.00. The van der Waals surface area contributed by atoms with Crippen LogP contribution in [0.15, 0.2) is 72.8 Å². The number of halogens is 1. The van der Waals surface area contributed by atoms with Crippen LogP contribution in [0.3, 0.4) is 0 Å². The van der Waals surface area contributed by atoms with Gasteiger partial charge in [0.15, 0.2) is 0 Å². The third kappa shape index (κ3) is 2.51. The van der Waals surface area contributed by atoms with Crippen LogP contribution in [0, 0.1) is 5.82 Å². The van der Waals surface area contributed by atoms with Crippen LogP contribution < -0.4 is 9.47 Å². The molecule has 0 spiro atoms. The van der Waals surface area contributed by atoms with Gasteiger partial charge in [0.1, 0.15) is 23.9 Å². The zero-order valence-electron chi connectivity index (χ0n) is 18.3. The molecule has 1 aliphatic carbocycles. The zero-order chi connectivity index (χ0) is 22.0. The Morgan fingerprint density at radius 3 is 2.41 bits per heavy atom. The van der Waals surface area contributed by atoms with Crippen LogP contribution in [0.4, 0.5) is 4.39 Å². The summed E-state index contributed by atoms with van der Waals surface area (Å²) in [6.45, 7) is 4.89. The van der Waals surface area contributed by atoms with Gasteiger partial charge >= 0.3 is 0 Å². The molecule has 0 amide bonds. The molecule has 0 unspecified atom stereocenters. The smallest absolute Gasteiger partial charge is 0.136 e. The summed E-state index contributed by atoms with van der Waals surface area (Å²) in [7, 11) is 1.68. The third-order valence-electron chi connectivity index (χ3n) is 6.90. The summed E-state index contributed by atoms with van der Waals surface area (Å²) >= 11 is 0. The largest absolute Gasteiger partial charge is 0.497 e. The van der Waals surface area contributed by atoms with Gasteiger partial charge in [0.25, 0.3) is 0 Å². The molecule has 0 N–H and O–H groups in total. The second kappa shape index (κ2) is 6.70. The number of benzene rings is 4. The molecule has 4 aromatic rings. The first-order chi connectivity index (χ1) is 15.5. The molecule has 158 valence electrons. The first kappa shape index (κ1) is 19.1. The maximum atomic E-state index is 14.3. The summed E-state index contributed by atoms with van der Waals surface area (Å²) in [5, 5.41) is 2.26. The van der Waals surface area contributed by atoms with E-state index in [0.717, 1.165) is 50.3 Å². The fourth-order valence-electron chi connectivity index (χ4n) is 5.46. The maximum absolute atomic E-state index is 14.3. The van der Waals surface area contributed by atoms with Gasteiger partial charge in [-0.2, -0.15) is 0 Å². The molecule has 0 bridgehead atoms. The summed E-state index contributed by atoms with van der Waals surface area (Å²) < 4.78 is 26.0. The summed E-state index contributed by atoms with van der Waals surface area (Å²) in [6, 6.07) is 21.7. The van der Waals surface area contributed by atoms with Crippen molar-refractivity contribution in [3.8, 4) is 22.6 Å². The summed E-state index contributed by atoms with van der Waals surface area (Å²) in [5.41, 5.74) is 7.50. The van der Waals surface area contributed by atoms with E-state index in [1.165, 1.54) is 10.9 Å². The van der Waals surface area contributed by atoms with Crippen molar-refractivity contribution in [2.75, 3.05) is 13.7 Å². The first-order valence-electron chi connectivity index (χ1n) is 10.9. The minimum absolute atomic E-state index is 0.204. The number of hydrogen-bond acceptors (Lipinski definition) is 2. The van der Waals surface area contributed by atoms with Gasteiger partial charge in [-0.25, -0.2) is 4.39 Å². The molecule has 2 aliphatic rings. The predicted octanol–water partition coefficient (Wildman–Crippen LogP) is 7.12. The van der Waals surface area contributed by atoms with E-state index < -0.39 is 0 Å². The molecule has 32 heavy (non-hydrogen) atoms. The highest BCUT2D eigenvalue weighted by atomic mass is 19.1. The molecule has 1 heterocycles. The third-order valence-corrected chi connectivity index (χ3v) is 6.90. The summed E-state index contributed by atoms with van der Waals surface area (Å²) in [6.07, 6.45) is 2.15. The molecule has 0 atom stereocenters. The highest BCUT2D eigenvalue weighted by Crippen LogP contribution is 2.58. The number of methoxy groups -OCH3 is 1. The van der Waals surface area contributed by atoms with Gasteiger partial charge in [0.2, 0.25) is 0 Å². The van der Waals surface area contributed by atoms with E-state index >= 15 is 0 Å². The lowest BCUT2D eigenvalue weighted by molar-refractivity contribution is 0.362. The Bertz CT molecular complexity index is 1430. The number of ether oxygens (including phenoxy) is 2. The molecule has 0 radical (unpaired) electrons. The average molecular weight is 422 g/mol. The zero-order valence-corrected chi connectivity index (χ0v) is 18.3. The molecular formula is C29H23FO2. The Morgan fingerprint density at radius 1 is 0.906 bits per heavy atom. The van der Waals surface area contributed by atoms with E-state index in [9.17, 15) is 4.39 Å². The quantitative estimate of drug-likeness (QED) is 0.342. The van der Waals surface area contributed by atoms with Crippen molar-refractivity contribution < 1.29 is 13.9 Å². The van der Waals surface area contributed by atoms with E-state index in [1.807, 2.05) is 18.2 Å². The van der Waals surface area contributed by atoms with Crippen LogP contribution in [0.25, 0.3) is 27.5 Å². The molecule has 0 saturated heterocycles. The van der Waals surface area contributed by atoms with Gasteiger partial charge < -0.3 is 9.47 Å². The van der Waals surface area contributed by atoms with Crippen molar-refractivity contribution in [2.45, 2.75) is 19.3 Å². The van der Waals surface area contributed by atoms with Gasteiger partial charge in [-0.3, -0.25) is 0 Å². The molecule has 1 aliphatic heterocycles. The lowest BCUT2D eigenvalue weighted by Crippen LogP contribution is -2.17. The second-order valence-corrected chi connectivity index (χ2v) is 8.97. The van der Waals surface area contributed by atoms with Gasteiger partial charge in [0.05, 0.1) is 7.11 Å². The molecule has 2 nitrogen and oxygen atoms in total. The Hall–Kier alpha value is -3.59. The number of hydrogen-bond donors (Lipinski definition) is 0. The fraction of sp³-hybridized carbons (Fsp3) is 0.172. The van der Waals surface area contributed by atoms with Crippen molar-refractivity contribution in [3.05, 3.63) is 101 Å². The first-order valence-corrected chi connectivity index (χ1v) is 10.9. The van der Waals surface area contributed by atoms with Gasteiger partial charge in [-0.05, 0) is 69.1 Å². The molecule has 0 fully saturated rings. The number of rotatable bonds is 2. The SMILES string of the molecule is COc1ccc(C2=CCOc3c2c2c(c4ccccc34)C(C)(C)c3cc(F)ccc3-2)cc1. The topological polar surface area (TPSA) is 18.5 Å². The molecule has 0 saturated carbocycles. The van der Waals surface area contributed by atoms with Crippen LogP contribution in [0.5, 0.6) is 11.5 Å². The van der Waals surface area contributed by atoms with E-state index in [-0.39, 0.29) is 11.2 Å². The van der Waals surface area contributed by atoms with E-state index in [1.54, 1.807) is 19.2 Å².